The monoisotopic (exact) mass is 483 g/mol. The lowest BCUT2D eigenvalue weighted by Gasteiger charge is -2.25. The van der Waals surface area contributed by atoms with Gasteiger partial charge in [0.15, 0.2) is 22.4 Å². The molecular weight excluding hydrogens is 458 g/mol. The largest absolute Gasteiger partial charge is 0.486 e. The third-order valence-corrected chi connectivity index (χ3v) is 6.67. The van der Waals surface area contributed by atoms with Crippen LogP contribution in [-0.4, -0.2) is 45.7 Å². The van der Waals surface area contributed by atoms with Gasteiger partial charge in [-0.25, -0.2) is 4.79 Å². The number of carbonyl (C=O) groups excluding carboxylic acids is 2. The van der Waals surface area contributed by atoms with Crippen LogP contribution in [0, 0.1) is 0 Å². The lowest BCUT2D eigenvalue weighted by Crippen LogP contribution is -2.35. The van der Waals surface area contributed by atoms with E-state index in [2.05, 4.69) is 25.4 Å². The predicted octanol–water partition coefficient (Wildman–Crippen LogP) is 4.25. The number of fused-ring (bicyclic) bond motifs is 1. The number of hydrogen-bond donors (Lipinski definition) is 2. The average Bonchev–Trinajstić information content (AvgIpc) is 3.53. The van der Waals surface area contributed by atoms with E-state index in [9.17, 15) is 9.59 Å². The lowest BCUT2D eigenvalue weighted by molar-refractivity contribution is -0.117. The number of furan rings is 1. The zero-order valence-corrected chi connectivity index (χ0v) is 19.3. The fourth-order valence-corrected chi connectivity index (χ4v) is 5.00. The minimum absolute atomic E-state index is 0.0254. The Morgan fingerprint density at radius 1 is 1.06 bits per heavy atom. The first-order valence-electron chi connectivity index (χ1n) is 11.3. The highest BCUT2D eigenvalue weighted by molar-refractivity contribution is 7.99. The van der Waals surface area contributed by atoms with Crippen LogP contribution < -0.4 is 20.1 Å². The van der Waals surface area contributed by atoms with Crippen molar-refractivity contribution in [2.45, 2.75) is 43.3 Å². The van der Waals surface area contributed by atoms with Gasteiger partial charge < -0.3 is 19.2 Å². The number of aromatic nitrogens is 3. The zero-order valence-electron chi connectivity index (χ0n) is 18.5. The summed E-state index contributed by atoms with van der Waals surface area (Å²) >= 11 is 1.25. The van der Waals surface area contributed by atoms with Crippen LogP contribution in [0.15, 0.2) is 46.2 Å². The van der Waals surface area contributed by atoms with Crippen molar-refractivity contribution in [3.63, 3.8) is 0 Å². The van der Waals surface area contributed by atoms with Gasteiger partial charge in [-0.1, -0.05) is 31.0 Å². The van der Waals surface area contributed by atoms with E-state index in [0.717, 1.165) is 25.7 Å². The molecule has 2 aliphatic rings. The Morgan fingerprint density at radius 2 is 1.88 bits per heavy atom. The number of benzene rings is 1. The van der Waals surface area contributed by atoms with E-state index in [1.165, 1.54) is 18.2 Å². The topological polar surface area (TPSA) is 121 Å². The molecule has 1 saturated carbocycles. The van der Waals surface area contributed by atoms with E-state index >= 15 is 0 Å². The molecule has 10 nitrogen and oxygen atoms in total. The zero-order chi connectivity index (χ0) is 23.3. The van der Waals surface area contributed by atoms with Gasteiger partial charge in [0.2, 0.25) is 11.7 Å². The Balaban J connectivity index is 1.21. The number of ether oxygens (including phenoxy) is 2. The number of thioether (sulfide) groups is 1. The van der Waals surface area contributed by atoms with Crippen LogP contribution in [0.1, 0.15) is 38.1 Å². The normalized spacial score (nSPS) is 15.6. The molecule has 2 aromatic heterocycles. The third-order valence-electron chi connectivity index (χ3n) is 5.73. The molecule has 1 aliphatic carbocycles. The summed E-state index contributed by atoms with van der Waals surface area (Å²) in [5, 5.41) is 14.3. The Morgan fingerprint density at radius 3 is 2.68 bits per heavy atom. The second-order valence-electron chi connectivity index (χ2n) is 8.09. The molecule has 2 N–H and O–H groups in total. The number of imide groups is 1. The van der Waals surface area contributed by atoms with Crippen molar-refractivity contribution in [1.29, 1.82) is 0 Å². The summed E-state index contributed by atoms with van der Waals surface area (Å²) in [7, 11) is 0. The van der Waals surface area contributed by atoms with Crippen molar-refractivity contribution >= 4 is 29.4 Å². The van der Waals surface area contributed by atoms with Crippen molar-refractivity contribution in [3.05, 3.63) is 36.6 Å². The van der Waals surface area contributed by atoms with Crippen molar-refractivity contribution in [3.8, 4) is 23.1 Å². The number of carbonyl (C=O) groups is 2. The molecule has 0 bridgehead atoms. The number of anilines is 1. The molecule has 0 radical (unpaired) electrons. The second-order valence-corrected chi connectivity index (χ2v) is 9.04. The molecule has 3 heterocycles. The van der Waals surface area contributed by atoms with Gasteiger partial charge in [-0.15, -0.1) is 10.2 Å². The van der Waals surface area contributed by atoms with Crippen LogP contribution in [-0.2, 0) is 4.79 Å². The van der Waals surface area contributed by atoms with Gasteiger partial charge >= 0.3 is 6.03 Å². The maximum Gasteiger partial charge on any atom is 0.325 e. The fourth-order valence-electron chi connectivity index (χ4n) is 4.19. The number of nitrogens with one attached hydrogen (secondary N) is 2. The predicted molar refractivity (Wildman–Crippen MR) is 125 cm³/mol. The van der Waals surface area contributed by atoms with E-state index in [4.69, 9.17) is 13.9 Å². The molecule has 178 valence electrons. The first-order valence-corrected chi connectivity index (χ1v) is 12.3. The molecule has 11 heteroatoms. The molecule has 0 atom stereocenters. The van der Waals surface area contributed by atoms with Gasteiger partial charge in [0.05, 0.1) is 12.0 Å². The van der Waals surface area contributed by atoms with Gasteiger partial charge in [0.25, 0.3) is 0 Å². The molecule has 5 rings (SSSR count). The molecule has 1 aliphatic heterocycles. The molecule has 3 amide bonds. The van der Waals surface area contributed by atoms with E-state index in [0.29, 0.717) is 47.1 Å². The van der Waals surface area contributed by atoms with Crippen molar-refractivity contribution < 1.29 is 23.5 Å². The van der Waals surface area contributed by atoms with Crippen LogP contribution in [0.4, 0.5) is 10.5 Å². The molecule has 0 spiro atoms. The Bertz CT molecular complexity index is 1160. The molecular formula is C23H25N5O5S. The van der Waals surface area contributed by atoms with E-state index in [1.54, 1.807) is 24.5 Å². The second kappa shape index (κ2) is 10.2. The van der Waals surface area contributed by atoms with Gasteiger partial charge in [0, 0.05) is 17.8 Å². The van der Waals surface area contributed by atoms with Crippen LogP contribution in [0.2, 0.25) is 0 Å². The summed E-state index contributed by atoms with van der Waals surface area (Å²) in [5.74, 6) is 2.08. The van der Waals surface area contributed by atoms with Crippen LogP contribution in [0.5, 0.6) is 11.5 Å². The SMILES string of the molecule is O=C(CSc1nnc(-c2ccco2)n1C1CCCCC1)NC(=O)Nc1ccc2c(c1)OCCO2. The average molecular weight is 484 g/mol. The van der Waals surface area contributed by atoms with Crippen molar-refractivity contribution in [2.75, 3.05) is 24.3 Å². The van der Waals surface area contributed by atoms with Crippen molar-refractivity contribution in [1.82, 2.24) is 20.1 Å². The maximum atomic E-state index is 12.5. The molecule has 0 unspecified atom stereocenters. The number of nitrogens with zero attached hydrogens (tertiary/aromatic N) is 3. The Hall–Kier alpha value is -3.47. The molecule has 1 aromatic carbocycles. The van der Waals surface area contributed by atoms with Gasteiger partial charge in [0.1, 0.15) is 13.2 Å². The highest BCUT2D eigenvalue weighted by atomic mass is 32.2. The van der Waals surface area contributed by atoms with Gasteiger partial charge in [-0.3, -0.25) is 14.7 Å². The van der Waals surface area contributed by atoms with Crippen LogP contribution in [0.3, 0.4) is 0 Å². The summed E-state index contributed by atoms with van der Waals surface area (Å²) < 4.78 is 18.6. The molecule has 0 saturated heterocycles. The minimum Gasteiger partial charge on any atom is -0.486 e. The summed E-state index contributed by atoms with van der Waals surface area (Å²) in [5.41, 5.74) is 0.502. The number of amides is 3. The van der Waals surface area contributed by atoms with E-state index < -0.39 is 11.9 Å². The van der Waals surface area contributed by atoms with Gasteiger partial charge in [-0.05, 0) is 37.1 Å². The summed E-state index contributed by atoms with van der Waals surface area (Å²) in [4.78, 5) is 24.8. The molecule has 1 fully saturated rings. The summed E-state index contributed by atoms with van der Waals surface area (Å²) in [6.45, 7) is 0.940. The first-order chi connectivity index (χ1) is 16.7. The quantitative estimate of drug-likeness (QED) is 0.499. The smallest absolute Gasteiger partial charge is 0.325 e. The van der Waals surface area contributed by atoms with Crippen LogP contribution >= 0.6 is 11.8 Å². The highest BCUT2D eigenvalue weighted by Crippen LogP contribution is 2.36. The van der Waals surface area contributed by atoms with Crippen molar-refractivity contribution in [2.24, 2.45) is 0 Å². The molecule has 34 heavy (non-hydrogen) atoms. The number of urea groups is 1. The Labute approximate surface area is 200 Å². The third kappa shape index (κ3) is 5.04. The maximum absolute atomic E-state index is 12.5. The Kier molecular flexibility index (Phi) is 6.70. The summed E-state index contributed by atoms with van der Waals surface area (Å²) in [6.07, 6.45) is 7.18. The number of rotatable bonds is 6. The van der Waals surface area contributed by atoms with E-state index in [1.807, 2.05) is 12.1 Å². The van der Waals surface area contributed by atoms with Gasteiger partial charge in [-0.2, -0.15) is 0 Å². The standard InChI is InChI=1S/C23H25N5O5S/c29-20(25-22(30)24-15-8-9-17-19(13-15)33-12-11-32-17)14-34-23-27-26-21(18-7-4-10-31-18)28(23)16-5-2-1-3-6-16/h4,7-10,13,16H,1-3,5-6,11-12,14H2,(H2,24,25,29,30). The highest BCUT2D eigenvalue weighted by Gasteiger charge is 2.25. The van der Waals surface area contributed by atoms with E-state index in [-0.39, 0.29) is 11.8 Å². The first kappa shape index (κ1) is 22.3. The number of hydrogen-bond acceptors (Lipinski definition) is 8. The fraction of sp³-hybridized carbons (Fsp3) is 0.391. The molecule has 3 aromatic rings. The minimum atomic E-state index is -0.618. The summed E-state index contributed by atoms with van der Waals surface area (Å²) in [6, 6.07) is 8.38. The lowest BCUT2D eigenvalue weighted by atomic mass is 9.95. The van der Waals surface area contributed by atoms with Crippen LogP contribution in [0.25, 0.3) is 11.6 Å².